The molecule has 1 aromatic carbocycles. The van der Waals surface area contributed by atoms with Crippen molar-refractivity contribution in [1.29, 1.82) is 0 Å². The van der Waals surface area contributed by atoms with Crippen molar-refractivity contribution >= 4 is 39.4 Å². The van der Waals surface area contributed by atoms with Crippen LogP contribution in [0.2, 0.25) is 5.02 Å². The predicted molar refractivity (Wildman–Crippen MR) is 74.6 cm³/mol. The summed E-state index contributed by atoms with van der Waals surface area (Å²) in [4.78, 5) is 21.8. The second kappa shape index (κ2) is 6.77. The van der Waals surface area contributed by atoms with Gasteiger partial charge in [-0.2, -0.15) is 0 Å². The highest BCUT2D eigenvalue weighted by molar-refractivity contribution is 9.10. The number of aryl methyl sites for hydroxylation is 1. The van der Waals surface area contributed by atoms with Crippen LogP contribution in [0.4, 0.5) is 0 Å². The van der Waals surface area contributed by atoms with E-state index in [1.807, 2.05) is 0 Å². The Balaban J connectivity index is 2.80. The fourth-order valence-electron chi connectivity index (χ4n) is 1.46. The zero-order valence-electron chi connectivity index (χ0n) is 10.4. The van der Waals surface area contributed by atoms with Crippen molar-refractivity contribution in [1.82, 2.24) is 5.32 Å². The van der Waals surface area contributed by atoms with Gasteiger partial charge in [-0.3, -0.25) is 4.79 Å². The molecular weight excluding hydrogens is 337 g/mol. The van der Waals surface area contributed by atoms with Crippen molar-refractivity contribution in [3.8, 4) is 5.75 Å². The van der Waals surface area contributed by atoms with Gasteiger partial charge >= 0.3 is 5.97 Å². The molecule has 5 nitrogen and oxygen atoms in total. The summed E-state index contributed by atoms with van der Waals surface area (Å²) in [5.74, 6) is -1.20. The third kappa shape index (κ3) is 4.72. The zero-order valence-corrected chi connectivity index (χ0v) is 12.7. The molecule has 0 aromatic heterocycles. The van der Waals surface area contributed by atoms with Crippen LogP contribution in [0.15, 0.2) is 16.6 Å². The summed E-state index contributed by atoms with van der Waals surface area (Å²) in [7, 11) is 0. The Hall–Kier alpha value is -1.27. The van der Waals surface area contributed by atoms with E-state index in [-0.39, 0.29) is 6.61 Å². The van der Waals surface area contributed by atoms with E-state index in [1.54, 1.807) is 19.1 Å². The summed E-state index contributed by atoms with van der Waals surface area (Å²) in [5, 5.41) is 11.6. The lowest BCUT2D eigenvalue weighted by Crippen LogP contribution is -2.43. The molecule has 19 heavy (non-hydrogen) atoms. The van der Waals surface area contributed by atoms with Crippen LogP contribution in [0, 0.1) is 6.92 Å². The van der Waals surface area contributed by atoms with Gasteiger partial charge in [-0.1, -0.05) is 27.5 Å². The first-order valence-corrected chi connectivity index (χ1v) is 6.56. The van der Waals surface area contributed by atoms with Crippen LogP contribution in [-0.4, -0.2) is 29.6 Å². The Morgan fingerprint density at radius 3 is 2.63 bits per heavy atom. The smallest absolute Gasteiger partial charge is 0.329 e. The molecule has 1 atom stereocenters. The Morgan fingerprint density at radius 1 is 1.53 bits per heavy atom. The van der Waals surface area contributed by atoms with Crippen LogP contribution in [0.25, 0.3) is 0 Å². The van der Waals surface area contributed by atoms with Gasteiger partial charge in [-0.25, -0.2) is 4.79 Å². The summed E-state index contributed by atoms with van der Waals surface area (Å²) in [6.07, 6.45) is 0. The normalized spacial score (nSPS) is 11.8. The average Bonchev–Trinajstić information content (AvgIpc) is 2.25. The van der Waals surface area contributed by atoms with Crippen LogP contribution in [-0.2, 0) is 9.59 Å². The lowest BCUT2D eigenvalue weighted by molar-refractivity contribution is -0.142. The Kier molecular flexibility index (Phi) is 5.62. The van der Waals surface area contributed by atoms with Gasteiger partial charge in [0, 0.05) is 11.4 Å². The molecule has 0 radical (unpaired) electrons. The molecule has 0 heterocycles. The SMILES string of the molecule is CC(=O)NC(COc1c(C)cc(Br)cc1Cl)C(=O)O. The van der Waals surface area contributed by atoms with E-state index < -0.39 is 17.9 Å². The number of nitrogens with one attached hydrogen (secondary N) is 1. The number of carboxylic acids is 1. The van der Waals surface area contributed by atoms with Gasteiger partial charge in [-0.05, 0) is 24.6 Å². The molecule has 0 bridgehead atoms. The van der Waals surface area contributed by atoms with E-state index in [0.717, 1.165) is 10.0 Å². The lowest BCUT2D eigenvalue weighted by Gasteiger charge is -2.16. The molecule has 0 fully saturated rings. The van der Waals surface area contributed by atoms with E-state index in [9.17, 15) is 9.59 Å². The molecule has 7 heteroatoms. The molecule has 0 spiro atoms. The minimum absolute atomic E-state index is 0.197. The van der Waals surface area contributed by atoms with Crippen molar-refractivity contribution < 1.29 is 19.4 Å². The summed E-state index contributed by atoms with van der Waals surface area (Å²) in [6.45, 7) is 2.84. The Bertz CT molecular complexity index is 483. The van der Waals surface area contributed by atoms with Gasteiger partial charge in [0.1, 0.15) is 12.4 Å². The summed E-state index contributed by atoms with van der Waals surface area (Å²) in [6, 6.07) is 2.34. The first-order valence-electron chi connectivity index (χ1n) is 5.39. The minimum atomic E-state index is -1.17. The summed E-state index contributed by atoms with van der Waals surface area (Å²) >= 11 is 9.31. The Labute approximate surface area is 124 Å². The monoisotopic (exact) mass is 349 g/mol. The molecule has 1 rings (SSSR count). The number of hydrogen-bond donors (Lipinski definition) is 2. The number of hydrogen-bond acceptors (Lipinski definition) is 3. The van der Waals surface area contributed by atoms with Crippen LogP contribution in [0.3, 0.4) is 0 Å². The lowest BCUT2D eigenvalue weighted by atomic mass is 10.2. The molecule has 0 aliphatic carbocycles. The number of benzene rings is 1. The highest BCUT2D eigenvalue weighted by Crippen LogP contribution is 2.32. The fourth-order valence-corrected chi connectivity index (χ4v) is 2.48. The molecule has 1 amide bonds. The molecule has 2 N–H and O–H groups in total. The first-order chi connectivity index (χ1) is 8.81. The summed E-state index contributed by atoms with van der Waals surface area (Å²) in [5.41, 5.74) is 0.770. The van der Waals surface area contributed by atoms with Crippen molar-refractivity contribution in [2.24, 2.45) is 0 Å². The maximum Gasteiger partial charge on any atom is 0.329 e. The van der Waals surface area contributed by atoms with Crippen LogP contribution in [0.5, 0.6) is 5.75 Å². The first kappa shape index (κ1) is 15.8. The van der Waals surface area contributed by atoms with Gasteiger partial charge in [0.25, 0.3) is 0 Å². The van der Waals surface area contributed by atoms with Gasteiger partial charge in [0.05, 0.1) is 5.02 Å². The van der Waals surface area contributed by atoms with E-state index in [0.29, 0.717) is 10.8 Å². The maximum atomic E-state index is 10.9. The van der Waals surface area contributed by atoms with Gasteiger partial charge in [-0.15, -0.1) is 0 Å². The third-order valence-electron chi connectivity index (χ3n) is 2.26. The molecule has 1 unspecified atom stereocenters. The maximum absolute atomic E-state index is 10.9. The highest BCUT2D eigenvalue weighted by atomic mass is 79.9. The fraction of sp³-hybridized carbons (Fsp3) is 0.333. The quantitative estimate of drug-likeness (QED) is 0.855. The minimum Gasteiger partial charge on any atom is -0.489 e. The van der Waals surface area contributed by atoms with E-state index in [4.69, 9.17) is 21.4 Å². The largest absolute Gasteiger partial charge is 0.489 e. The van der Waals surface area contributed by atoms with Gasteiger partial charge in [0.15, 0.2) is 6.04 Å². The van der Waals surface area contributed by atoms with Crippen molar-refractivity contribution in [3.63, 3.8) is 0 Å². The number of rotatable bonds is 5. The predicted octanol–water partition coefficient (Wildman–Crippen LogP) is 2.38. The third-order valence-corrected chi connectivity index (χ3v) is 3.00. The number of carbonyl (C=O) groups excluding carboxylic acids is 1. The number of carboxylic acid groups (broad SMARTS) is 1. The van der Waals surface area contributed by atoms with Crippen molar-refractivity contribution in [2.45, 2.75) is 19.9 Å². The second-order valence-electron chi connectivity index (χ2n) is 3.94. The van der Waals surface area contributed by atoms with Crippen LogP contribution in [0.1, 0.15) is 12.5 Å². The number of carbonyl (C=O) groups is 2. The molecule has 0 aliphatic rings. The number of ether oxygens (including phenoxy) is 1. The zero-order chi connectivity index (χ0) is 14.6. The van der Waals surface area contributed by atoms with Crippen molar-refractivity contribution in [2.75, 3.05) is 6.61 Å². The highest BCUT2D eigenvalue weighted by Gasteiger charge is 2.20. The number of aliphatic carboxylic acids is 1. The molecule has 104 valence electrons. The standard InChI is InChI=1S/C12H13BrClNO4/c1-6-3-8(13)4-9(14)11(6)19-5-10(12(17)18)15-7(2)16/h3-4,10H,5H2,1-2H3,(H,15,16)(H,17,18). The molecular formula is C12H13BrClNO4. The molecule has 1 aromatic rings. The van der Waals surface area contributed by atoms with Crippen LogP contribution < -0.4 is 10.1 Å². The molecule has 0 aliphatic heterocycles. The Morgan fingerprint density at radius 2 is 2.16 bits per heavy atom. The molecule has 0 saturated carbocycles. The van der Waals surface area contributed by atoms with E-state index >= 15 is 0 Å². The van der Waals surface area contributed by atoms with E-state index in [2.05, 4.69) is 21.2 Å². The van der Waals surface area contributed by atoms with Gasteiger partial charge in [0.2, 0.25) is 5.91 Å². The van der Waals surface area contributed by atoms with Crippen LogP contribution >= 0.6 is 27.5 Å². The number of halogens is 2. The second-order valence-corrected chi connectivity index (χ2v) is 5.26. The van der Waals surface area contributed by atoms with Gasteiger partial charge < -0.3 is 15.2 Å². The average molecular weight is 351 g/mol. The van der Waals surface area contributed by atoms with Crippen molar-refractivity contribution in [3.05, 3.63) is 27.2 Å². The summed E-state index contributed by atoms with van der Waals surface area (Å²) < 4.78 is 6.20. The number of amides is 1. The topological polar surface area (TPSA) is 75.6 Å². The molecule has 0 saturated heterocycles. The van der Waals surface area contributed by atoms with E-state index in [1.165, 1.54) is 6.92 Å².